The summed E-state index contributed by atoms with van der Waals surface area (Å²) in [4.78, 5) is 17.1. The molecule has 0 saturated heterocycles. The van der Waals surface area contributed by atoms with E-state index < -0.39 is 23.1 Å². The molecule has 0 spiro atoms. The van der Waals surface area contributed by atoms with Crippen LogP contribution < -0.4 is 5.32 Å². The molecule has 0 aliphatic carbocycles. The van der Waals surface area contributed by atoms with E-state index >= 15 is 0 Å². The summed E-state index contributed by atoms with van der Waals surface area (Å²) < 4.78 is 28.7. The average molecular weight is 389 g/mol. The van der Waals surface area contributed by atoms with E-state index in [2.05, 4.69) is 15.4 Å². The molecule has 0 radical (unpaired) electrons. The van der Waals surface area contributed by atoms with Crippen LogP contribution in [-0.4, -0.2) is 20.7 Å². The van der Waals surface area contributed by atoms with Crippen LogP contribution in [0, 0.1) is 29.9 Å². The first kappa shape index (κ1) is 18.3. The van der Waals surface area contributed by atoms with Crippen molar-refractivity contribution in [2.45, 2.75) is 6.92 Å². The topological polar surface area (TPSA) is 83.6 Å². The Balaban J connectivity index is 1.80. The van der Waals surface area contributed by atoms with Gasteiger partial charge in [-0.05, 0) is 42.8 Å². The maximum absolute atomic E-state index is 14.0. The van der Waals surface area contributed by atoms with Gasteiger partial charge < -0.3 is 5.32 Å². The number of amides is 1. The largest absolute Gasteiger partial charge is 0.305 e. The van der Waals surface area contributed by atoms with Crippen molar-refractivity contribution in [3.8, 4) is 11.9 Å². The minimum absolute atomic E-state index is 0.0170. The molecule has 4 aromatic rings. The third-order valence-corrected chi connectivity index (χ3v) is 4.42. The number of carbonyl (C=O) groups excluding carboxylic acids is 1. The third-order valence-electron chi connectivity index (χ3n) is 4.42. The molecule has 1 N–H and O–H groups in total. The van der Waals surface area contributed by atoms with Crippen LogP contribution in [0.1, 0.15) is 21.5 Å². The van der Waals surface area contributed by atoms with Gasteiger partial charge in [-0.2, -0.15) is 15.0 Å². The van der Waals surface area contributed by atoms with E-state index in [9.17, 15) is 18.8 Å². The van der Waals surface area contributed by atoms with E-state index in [0.717, 1.165) is 29.1 Å². The number of carbonyl (C=O) groups is 1. The minimum atomic E-state index is -0.905. The Labute approximate surface area is 164 Å². The lowest BCUT2D eigenvalue weighted by Gasteiger charge is -2.11. The number of aromatic nitrogens is 3. The summed E-state index contributed by atoms with van der Waals surface area (Å²) in [6.07, 6.45) is 1.27. The van der Waals surface area contributed by atoms with Gasteiger partial charge >= 0.3 is 0 Å². The number of hydrogen-bond donors (Lipinski definition) is 1. The van der Waals surface area contributed by atoms with E-state index in [1.54, 1.807) is 6.07 Å². The van der Waals surface area contributed by atoms with Crippen molar-refractivity contribution in [1.29, 1.82) is 5.26 Å². The Morgan fingerprint density at radius 2 is 1.97 bits per heavy atom. The number of pyridine rings is 1. The highest BCUT2D eigenvalue weighted by atomic mass is 19.1. The molecule has 1 amide bonds. The molecular formula is C21H13F2N5O. The number of aryl methyl sites for hydroxylation is 1. The summed E-state index contributed by atoms with van der Waals surface area (Å²) in [5.41, 5.74) is 1.21. The second-order valence-electron chi connectivity index (χ2n) is 6.32. The summed E-state index contributed by atoms with van der Waals surface area (Å²) >= 11 is 0. The number of nitrogens with zero attached hydrogens (tertiary/aromatic N) is 4. The number of nitriles is 1. The molecule has 2 heterocycles. The minimum Gasteiger partial charge on any atom is -0.305 e. The van der Waals surface area contributed by atoms with Crippen LogP contribution in [0.15, 0.2) is 54.7 Å². The number of halogens is 2. The Morgan fingerprint density at radius 3 is 2.76 bits per heavy atom. The van der Waals surface area contributed by atoms with Crippen LogP contribution in [0.5, 0.6) is 0 Å². The Kier molecular flexibility index (Phi) is 4.49. The van der Waals surface area contributed by atoms with Crippen molar-refractivity contribution < 1.29 is 13.6 Å². The van der Waals surface area contributed by atoms with Gasteiger partial charge in [0, 0.05) is 5.39 Å². The van der Waals surface area contributed by atoms with Crippen molar-refractivity contribution in [3.63, 3.8) is 0 Å². The van der Waals surface area contributed by atoms with Crippen LogP contribution in [0.3, 0.4) is 0 Å². The van der Waals surface area contributed by atoms with Gasteiger partial charge in [0.25, 0.3) is 5.91 Å². The molecule has 0 bridgehead atoms. The molecule has 2 aromatic heterocycles. The smallest absolute Gasteiger partial charge is 0.259 e. The first-order valence-electron chi connectivity index (χ1n) is 8.59. The van der Waals surface area contributed by atoms with E-state index in [0.29, 0.717) is 11.3 Å². The van der Waals surface area contributed by atoms with Gasteiger partial charge in [0.05, 0.1) is 17.3 Å². The summed E-state index contributed by atoms with van der Waals surface area (Å²) in [6.45, 7) is 1.91. The van der Waals surface area contributed by atoms with Gasteiger partial charge in [-0.1, -0.05) is 18.2 Å². The molecule has 0 aliphatic rings. The number of fused-ring (bicyclic) bond motifs is 1. The predicted octanol–water partition coefficient (Wildman–Crippen LogP) is 4.13. The highest BCUT2D eigenvalue weighted by Crippen LogP contribution is 2.24. The molecule has 0 fully saturated rings. The molecule has 2 aromatic carbocycles. The van der Waals surface area contributed by atoms with Crippen molar-refractivity contribution in [3.05, 3.63) is 83.1 Å². The molecule has 142 valence electrons. The molecule has 8 heteroatoms. The summed E-state index contributed by atoms with van der Waals surface area (Å²) in [6, 6.07) is 13.8. The fourth-order valence-electron chi connectivity index (χ4n) is 3.01. The fourth-order valence-corrected chi connectivity index (χ4v) is 3.01. The fraction of sp³-hybridized carbons (Fsp3) is 0.0476. The Morgan fingerprint density at radius 1 is 1.17 bits per heavy atom. The molecule has 0 atom stereocenters. The lowest BCUT2D eigenvalue weighted by atomic mass is 10.1. The zero-order valence-corrected chi connectivity index (χ0v) is 15.1. The van der Waals surface area contributed by atoms with Crippen molar-refractivity contribution in [2.75, 3.05) is 5.32 Å². The van der Waals surface area contributed by atoms with Crippen molar-refractivity contribution >= 4 is 22.6 Å². The predicted molar refractivity (Wildman–Crippen MR) is 103 cm³/mol. The lowest BCUT2D eigenvalue weighted by Crippen LogP contribution is -2.18. The van der Waals surface area contributed by atoms with E-state index in [4.69, 9.17) is 0 Å². The number of benzene rings is 2. The van der Waals surface area contributed by atoms with E-state index in [1.165, 1.54) is 10.9 Å². The summed E-state index contributed by atoms with van der Waals surface area (Å²) in [7, 11) is 0. The second kappa shape index (κ2) is 7.13. The Hall–Kier alpha value is -4.12. The molecule has 0 unspecified atom stereocenters. The number of rotatable bonds is 3. The number of para-hydroxylation sites is 1. The molecule has 29 heavy (non-hydrogen) atoms. The standard InChI is InChI=1S/C21H13F2N5O/c1-12-8-19(26-18-5-3-2-4-15(12)18)28-20(13(10-24)11-25-28)27-21(29)16-9-14(22)6-7-17(16)23/h2-9,11H,1H3,(H,27,29). The number of anilines is 1. The van der Waals surface area contributed by atoms with Gasteiger partial charge in [-0.25, -0.2) is 13.8 Å². The zero-order valence-electron chi connectivity index (χ0n) is 15.1. The molecular weight excluding hydrogens is 376 g/mol. The molecule has 4 rings (SSSR count). The number of hydrogen-bond acceptors (Lipinski definition) is 4. The SMILES string of the molecule is Cc1cc(-n2ncc(C#N)c2NC(=O)c2cc(F)ccc2F)nc2ccccc12. The van der Waals surface area contributed by atoms with Gasteiger partial charge in [0.15, 0.2) is 11.6 Å². The van der Waals surface area contributed by atoms with Crippen LogP contribution in [0.2, 0.25) is 0 Å². The van der Waals surface area contributed by atoms with Crippen molar-refractivity contribution in [1.82, 2.24) is 14.8 Å². The lowest BCUT2D eigenvalue weighted by molar-refractivity contribution is 0.102. The van der Waals surface area contributed by atoms with E-state index in [1.807, 2.05) is 37.3 Å². The molecule has 0 aliphatic heterocycles. The first-order valence-corrected chi connectivity index (χ1v) is 8.59. The van der Waals surface area contributed by atoms with Gasteiger partial charge in [-0.3, -0.25) is 4.79 Å². The second-order valence-corrected chi connectivity index (χ2v) is 6.32. The maximum Gasteiger partial charge on any atom is 0.259 e. The Bertz CT molecular complexity index is 1310. The van der Waals surface area contributed by atoms with Crippen LogP contribution in [0.25, 0.3) is 16.7 Å². The van der Waals surface area contributed by atoms with Crippen LogP contribution in [-0.2, 0) is 0 Å². The zero-order chi connectivity index (χ0) is 20.5. The van der Waals surface area contributed by atoms with Gasteiger partial charge in [-0.15, -0.1) is 0 Å². The highest BCUT2D eigenvalue weighted by Gasteiger charge is 2.20. The molecule has 6 nitrogen and oxygen atoms in total. The monoisotopic (exact) mass is 389 g/mol. The first-order chi connectivity index (χ1) is 14.0. The molecule has 0 saturated carbocycles. The van der Waals surface area contributed by atoms with Gasteiger partial charge in [0.1, 0.15) is 23.3 Å². The number of nitrogens with one attached hydrogen (secondary N) is 1. The highest BCUT2D eigenvalue weighted by molar-refractivity contribution is 6.04. The normalized spacial score (nSPS) is 10.7. The van der Waals surface area contributed by atoms with Crippen molar-refractivity contribution in [2.24, 2.45) is 0 Å². The van der Waals surface area contributed by atoms with Crippen LogP contribution in [0.4, 0.5) is 14.6 Å². The van der Waals surface area contributed by atoms with Crippen LogP contribution >= 0.6 is 0 Å². The van der Waals surface area contributed by atoms with E-state index in [-0.39, 0.29) is 11.4 Å². The maximum atomic E-state index is 14.0. The summed E-state index contributed by atoms with van der Waals surface area (Å²) in [5.74, 6) is -2.15. The average Bonchev–Trinajstić information content (AvgIpc) is 3.12. The quantitative estimate of drug-likeness (QED) is 0.571. The third kappa shape index (κ3) is 3.30. The summed E-state index contributed by atoms with van der Waals surface area (Å²) in [5, 5.41) is 16.9. The van der Waals surface area contributed by atoms with Gasteiger partial charge in [0.2, 0.25) is 0 Å².